The molecule has 0 radical (unpaired) electrons. The van der Waals surface area contributed by atoms with E-state index in [1.807, 2.05) is 31.1 Å². The number of nitrogens with zero attached hydrogens (tertiary/aromatic N) is 2. The van der Waals surface area contributed by atoms with Crippen LogP contribution < -0.4 is 10.5 Å². The molecular formula is C19H15N3O4. The first kappa shape index (κ1) is 15.9. The monoisotopic (exact) mass is 349 g/mol. The van der Waals surface area contributed by atoms with E-state index in [0.717, 1.165) is 11.1 Å². The molecule has 2 aromatic heterocycles. The van der Waals surface area contributed by atoms with E-state index in [9.17, 15) is 9.59 Å². The topological polar surface area (TPSA) is 99.4 Å². The molecule has 0 bridgehead atoms. The number of anilines is 1. The van der Waals surface area contributed by atoms with E-state index in [1.165, 1.54) is 12.1 Å². The molecule has 4 aromatic rings. The van der Waals surface area contributed by atoms with E-state index < -0.39 is 11.6 Å². The molecule has 130 valence electrons. The smallest absolute Gasteiger partial charge is 0.347 e. The fourth-order valence-electron chi connectivity index (χ4n) is 2.81. The van der Waals surface area contributed by atoms with E-state index in [-0.39, 0.29) is 5.56 Å². The number of imidazole rings is 1. The molecule has 0 saturated heterocycles. The molecule has 0 fully saturated rings. The SMILES string of the molecule is CN(C)c1ccc2cc(-c3nc4ccc(C(=O)O)cc4[nH]3)c(=O)oc2c1. The summed E-state index contributed by atoms with van der Waals surface area (Å²) in [5.74, 6) is -0.681. The average Bonchev–Trinajstić information content (AvgIpc) is 3.03. The van der Waals surface area contributed by atoms with Crippen molar-refractivity contribution in [3.8, 4) is 11.4 Å². The Morgan fingerprint density at radius 3 is 2.69 bits per heavy atom. The molecule has 0 atom stereocenters. The van der Waals surface area contributed by atoms with Crippen molar-refractivity contribution < 1.29 is 14.3 Å². The summed E-state index contributed by atoms with van der Waals surface area (Å²) in [5, 5.41) is 9.86. The molecule has 2 aromatic carbocycles. The number of hydrogen-bond acceptors (Lipinski definition) is 5. The van der Waals surface area contributed by atoms with Crippen LogP contribution in [0, 0.1) is 0 Å². The van der Waals surface area contributed by atoms with Gasteiger partial charge >= 0.3 is 11.6 Å². The number of aromatic amines is 1. The number of nitrogens with one attached hydrogen (secondary N) is 1. The summed E-state index contributed by atoms with van der Waals surface area (Å²) in [4.78, 5) is 32.8. The maximum Gasteiger partial charge on any atom is 0.347 e. The lowest BCUT2D eigenvalue weighted by molar-refractivity contribution is 0.0697. The van der Waals surface area contributed by atoms with Gasteiger partial charge in [0.05, 0.1) is 16.6 Å². The van der Waals surface area contributed by atoms with Gasteiger partial charge in [-0.25, -0.2) is 14.6 Å². The van der Waals surface area contributed by atoms with Crippen LogP contribution in [0.5, 0.6) is 0 Å². The minimum atomic E-state index is -1.02. The second-order valence-electron chi connectivity index (χ2n) is 6.19. The quantitative estimate of drug-likeness (QED) is 0.551. The van der Waals surface area contributed by atoms with Crippen molar-refractivity contribution >= 4 is 33.7 Å². The highest BCUT2D eigenvalue weighted by Gasteiger charge is 2.14. The zero-order valence-corrected chi connectivity index (χ0v) is 14.1. The predicted molar refractivity (Wildman–Crippen MR) is 98.9 cm³/mol. The molecule has 0 amide bonds. The zero-order valence-electron chi connectivity index (χ0n) is 14.1. The van der Waals surface area contributed by atoms with Crippen LogP contribution in [-0.4, -0.2) is 35.1 Å². The Kier molecular flexibility index (Phi) is 3.50. The van der Waals surface area contributed by atoms with Crippen LogP contribution in [0.2, 0.25) is 0 Å². The molecule has 2 N–H and O–H groups in total. The van der Waals surface area contributed by atoms with Gasteiger partial charge in [0.15, 0.2) is 0 Å². The Labute approximate surface area is 147 Å². The highest BCUT2D eigenvalue weighted by Crippen LogP contribution is 2.25. The molecule has 4 rings (SSSR count). The maximum absolute atomic E-state index is 12.4. The summed E-state index contributed by atoms with van der Waals surface area (Å²) in [6.07, 6.45) is 0. The molecular weight excluding hydrogens is 334 g/mol. The second-order valence-corrected chi connectivity index (χ2v) is 6.19. The Bertz CT molecular complexity index is 1220. The predicted octanol–water partition coefficient (Wildman–Crippen LogP) is 3.10. The molecule has 26 heavy (non-hydrogen) atoms. The van der Waals surface area contributed by atoms with Gasteiger partial charge in [0.1, 0.15) is 17.0 Å². The molecule has 2 heterocycles. The van der Waals surface area contributed by atoms with Crippen molar-refractivity contribution in [1.82, 2.24) is 9.97 Å². The normalized spacial score (nSPS) is 11.2. The number of hydrogen-bond donors (Lipinski definition) is 2. The third-order valence-electron chi connectivity index (χ3n) is 4.22. The van der Waals surface area contributed by atoms with Gasteiger partial charge in [-0.2, -0.15) is 0 Å². The molecule has 0 aliphatic heterocycles. The minimum Gasteiger partial charge on any atom is -0.478 e. The molecule has 0 unspecified atom stereocenters. The van der Waals surface area contributed by atoms with E-state index in [4.69, 9.17) is 9.52 Å². The number of carboxylic acid groups (broad SMARTS) is 1. The Morgan fingerprint density at radius 1 is 1.15 bits per heavy atom. The maximum atomic E-state index is 12.4. The lowest BCUT2D eigenvalue weighted by Gasteiger charge is -2.12. The van der Waals surface area contributed by atoms with E-state index in [1.54, 1.807) is 18.2 Å². The summed E-state index contributed by atoms with van der Waals surface area (Å²) in [5.41, 5.74) is 2.48. The second kappa shape index (κ2) is 5.73. The third-order valence-corrected chi connectivity index (χ3v) is 4.22. The van der Waals surface area contributed by atoms with Crippen molar-refractivity contribution in [3.63, 3.8) is 0 Å². The number of aromatic nitrogens is 2. The van der Waals surface area contributed by atoms with Gasteiger partial charge in [-0.3, -0.25) is 0 Å². The molecule has 7 nitrogen and oxygen atoms in total. The van der Waals surface area contributed by atoms with Gasteiger partial charge in [0, 0.05) is 31.2 Å². The molecule has 0 spiro atoms. The molecule has 0 saturated carbocycles. The zero-order chi connectivity index (χ0) is 18.4. The lowest BCUT2D eigenvalue weighted by atomic mass is 10.1. The van der Waals surface area contributed by atoms with Crippen LogP contribution in [0.4, 0.5) is 5.69 Å². The van der Waals surface area contributed by atoms with Crippen LogP contribution in [0.3, 0.4) is 0 Å². The van der Waals surface area contributed by atoms with Gasteiger partial charge in [-0.1, -0.05) is 0 Å². The lowest BCUT2D eigenvalue weighted by Crippen LogP contribution is -2.09. The van der Waals surface area contributed by atoms with Crippen molar-refractivity contribution in [1.29, 1.82) is 0 Å². The Morgan fingerprint density at radius 2 is 1.96 bits per heavy atom. The Balaban J connectivity index is 1.86. The van der Waals surface area contributed by atoms with Crippen LogP contribution in [-0.2, 0) is 0 Å². The molecule has 0 aliphatic rings. The van der Waals surface area contributed by atoms with Crippen LogP contribution >= 0.6 is 0 Å². The number of carboxylic acids is 1. The van der Waals surface area contributed by atoms with E-state index in [2.05, 4.69) is 9.97 Å². The summed E-state index contributed by atoms with van der Waals surface area (Å²) in [7, 11) is 3.82. The van der Waals surface area contributed by atoms with Crippen LogP contribution in [0.15, 0.2) is 51.7 Å². The first-order chi connectivity index (χ1) is 12.4. The van der Waals surface area contributed by atoms with Crippen molar-refractivity contribution in [2.75, 3.05) is 19.0 Å². The van der Waals surface area contributed by atoms with Crippen molar-refractivity contribution in [2.45, 2.75) is 0 Å². The van der Waals surface area contributed by atoms with Gasteiger partial charge in [-0.05, 0) is 36.4 Å². The largest absolute Gasteiger partial charge is 0.478 e. The first-order valence-electron chi connectivity index (χ1n) is 7.91. The molecule has 0 aliphatic carbocycles. The van der Waals surface area contributed by atoms with E-state index >= 15 is 0 Å². The number of rotatable bonds is 3. The average molecular weight is 349 g/mol. The third kappa shape index (κ3) is 2.59. The number of carbonyl (C=O) groups is 1. The summed E-state index contributed by atoms with van der Waals surface area (Å²) >= 11 is 0. The number of benzene rings is 2. The van der Waals surface area contributed by atoms with Crippen LogP contribution in [0.25, 0.3) is 33.4 Å². The summed E-state index contributed by atoms with van der Waals surface area (Å²) in [6, 6.07) is 11.9. The van der Waals surface area contributed by atoms with Crippen LogP contribution in [0.1, 0.15) is 10.4 Å². The fourth-order valence-corrected chi connectivity index (χ4v) is 2.81. The minimum absolute atomic E-state index is 0.148. The Hall–Kier alpha value is -3.61. The van der Waals surface area contributed by atoms with Gasteiger partial charge < -0.3 is 19.4 Å². The van der Waals surface area contributed by atoms with Gasteiger partial charge in [0.25, 0.3) is 0 Å². The van der Waals surface area contributed by atoms with Gasteiger partial charge in [0.2, 0.25) is 0 Å². The standard InChI is InChI=1S/C19H15N3O4/c1-22(2)12-5-3-10-7-13(19(25)26-16(10)9-12)17-20-14-6-4-11(18(23)24)8-15(14)21-17/h3-9H,1-2H3,(H,20,21)(H,23,24). The highest BCUT2D eigenvalue weighted by molar-refractivity contribution is 5.93. The fraction of sp³-hybridized carbons (Fsp3) is 0.105. The number of fused-ring (bicyclic) bond motifs is 2. The summed E-state index contributed by atoms with van der Waals surface area (Å²) in [6.45, 7) is 0. The number of aromatic carboxylic acids is 1. The highest BCUT2D eigenvalue weighted by atomic mass is 16.4. The van der Waals surface area contributed by atoms with Gasteiger partial charge in [-0.15, -0.1) is 0 Å². The molecule has 7 heteroatoms. The van der Waals surface area contributed by atoms with E-state index in [0.29, 0.717) is 28.0 Å². The van der Waals surface area contributed by atoms with Crippen molar-refractivity contribution in [3.05, 3.63) is 58.4 Å². The summed E-state index contributed by atoms with van der Waals surface area (Å²) < 4.78 is 5.46. The van der Waals surface area contributed by atoms with Crippen molar-refractivity contribution in [2.24, 2.45) is 0 Å². The first-order valence-corrected chi connectivity index (χ1v) is 7.91. The number of H-pyrrole nitrogens is 1.